The van der Waals surface area contributed by atoms with Gasteiger partial charge in [-0.25, -0.2) is 4.39 Å². The van der Waals surface area contributed by atoms with Crippen molar-refractivity contribution in [1.29, 1.82) is 0 Å². The molecule has 3 aromatic rings. The highest BCUT2D eigenvalue weighted by Crippen LogP contribution is 2.29. The van der Waals surface area contributed by atoms with E-state index in [-0.39, 0.29) is 17.1 Å². The molecule has 0 unspecified atom stereocenters. The van der Waals surface area contributed by atoms with Crippen molar-refractivity contribution in [3.05, 3.63) is 84.2 Å². The second kappa shape index (κ2) is 6.42. The van der Waals surface area contributed by atoms with Crippen LogP contribution in [0, 0.1) is 5.82 Å². The minimum Gasteiger partial charge on any atom is -0.508 e. The van der Waals surface area contributed by atoms with Crippen molar-refractivity contribution in [2.45, 2.75) is 0 Å². The summed E-state index contributed by atoms with van der Waals surface area (Å²) in [5.41, 5.74) is 0.877. The zero-order valence-electron chi connectivity index (χ0n) is 12.6. The number of benzene rings is 3. The Morgan fingerprint density at radius 1 is 0.792 bits per heavy atom. The van der Waals surface area contributed by atoms with Gasteiger partial charge in [-0.3, -0.25) is 9.69 Å². The molecule has 4 nitrogen and oxygen atoms in total. The molecule has 0 aliphatic carbocycles. The molecule has 0 aliphatic heterocycles. The molecule has 0 atom stereocenters. The minimum absolute atomic E-state index is 0.0648. The largest absolute Gasteiger partial charge is 0.508 e. The zero-order valence-corrected chi connectivity index (χ0v) is 12.6. The molecule has 5 heteroatoms. The lowest BCUT2D eigenvalue weighted by atomic mass is 10.1. The SMILES string of the molecule is O=C(c1ccc(O)cc1F)N(c1ccccc1)c1ccc(O)cc1. The average molecular weight is 323 g/mol. The Labute approximate surface area is 138 Å². The van der Waals surface area contributed by atoms with Crippen LogP contribution in [0.1, 0.15) is 10.4 Å². The predicted molar refractivity (Wildman–Crippen MR) is 89.1 cm³/mol. The smallest absolute Gasteiger partial charge is 0.265 e. The fourth-order valence-corrected chi connectivity index (χ4v) is 2.36. The number of para-hydroxylation sites is 1. The quantitative estimate of drug-likeness (QED) is 0.759. The molecule has 0 aliphatic rings. The number of nitrogens with zero attached hydrogens (tertiary/aromatic N) is 1. The van der Waals surface area contributed by atoms with Gasteiger partial charge in [-0.05, 0) is 48.5 Å². The first kappa shape index (κ1) is 15.6. The Morgan fingerprint density at radius 3 is 2.00 bits per heavy atom. The molecule has 1 amide bonds. The lowest BCUT2D eigenvalue weighted by Gasteiger charge is -2.23. The molecule has 0 fully saturated rings. The van der Waals surface area contributed by atoms with Crippen molar-refractivity contribution in [2.24, 2.45) is 0 Å². The van der Waals surface area contributed by atoms with Crippen LogP contribution in [0.2, 0.25) is 0 Å². The highest BCUT2D eigenvalue weighted by atomic mass is 19.1. The van der Waals surface area contributed by atoms with Crippen molar-refractivity contribution >= 4 is 17.3 Å². The molecule has 0 bridgehead atoms. The van der Waals surface area contributed by atoms with Gasteiger partial charge in [0, 0.05) is 17.4 Å². The Kier molecular flexibility index (Phi) is 4.16. The lowest BCUT2D eigenvalue weighted by molar-refractivity contribution is 0.0995. The summed E-state index contributed by atoms with van der Waals surface area (Å²) in [6, 6.07) is 18.2. The number of carbonyl (C=O) groups excluding carboxylic acids is 1. The van der Waals surface area contributed by atoms with Gasteiger partial charge in [0.05, 0.1) is 5.56 Å². The van der Waals surface area contributed by atoms with Gasteiger partial charge in [-0.1, -0.05) is 18.2 Å². The number of amides is 1. The summed E-state index contributed by atoms with van der Waals surface area (Å²) in [6.07, 6.45) is 0. The summed E-state index contributed by atoms with van der Waals surface area (Å²) in [5.74, 6) is -1.57. The van der Waals surface area contributed by atoms with Gasteiger partial charge in [0.1, 0.15) is 17.3 Å². The van der Waals surface area contributed by atoms with Crippen molar-refractivity contribution in [2.75, 3.05) is 4.90 Å². The molecular formula is C19H14FNO3. The third kappa shape index (κ3) is 3.05. The molecule has 3 aromatic carbocycles. The summed E-state index contributed by atoms with van der Waals surface area (Å²) in [4.78, 5) is 14.2. The van der Waals surface area contributed by atoms with E-state index in [1.165, 1.54) is 29.2 Å². The maximum absolute atomic E-state index is 14.1. The summed E-state index contributed by atoms with van der Waals surface area (Å²) in [6.45, 7) is 0. The van der Waals surface area contributed by atoms with E-state index in [1.54, 1.807) is 36.4 Å². The van der Waals surface area contributed by atoms with Crippen molar-refractivity contribution in [3.63, 3.8) is 0 Å². The van der Waals surface area contributed by atoms with Crippen LogP contribution in [0.5, 0.6) is 11.5 Å². The number of carbonyl (C=O) groups is 1. The number of aromatic hydroxyl groups is 2. The number of phenols is 2. The first-order valence-corrected chi connectivity index (χ1v) is 7.23. The topological polar surface area (TPSA) is 60.8 Å². The normalized spacial score (nSPS) is 10.4. The summed E-state index contributed by atoms with van der Waals surface area (Å²) in [5, 5.41) is 18.8. The second-order valence-corrected chi connectivity index (χ2v) is 5.16. The fourth-order valence-electron chi connectivity index (χ4n) is 2.36. The van der Waals surface area contributed by atoms with E-state index >= 15 is 0 Å². The van der Waals surface area contributed by atoms with Crippen LogP contribution in [0.4, 0.5) is 15.8 Å². The van der Waals surface area contributed by atoms with Gasteiger partial charge in [-0.2, -0.15) is 0 Å². The van der Waals surface area contributed by atoms with Crippen molar-refractivity contribution in [3.8, 4) is 11.5 Å². The van der Waals surface area contributed by atoms with Crippen LogP contribution in [0.3, 0.4) is 0 Å². The highest BCUT2D eigenvalue weighted by Gasteiger charge is 2.22. The molecule has 120 valence electrons. The van der Waals surface area contributed by atoms with Gasteiger partial charge in [0.25, 0.3) is 5.91 Å². The number of halogens is 1. The first-order chi connectivity index (χ1) is 11.6. The number of hydrogen-bond donors (Lipinski definition) is 2. The van der Waals surface area contributed by atoms with E-state index in [2.05, 4.69) is 0 Å². The van der Waals surface area contributed by atoms with Crippen LogP contribution in [-0.2, 0) is 0 Å². The van der Waals surface area contributed by atoms with E-state index in [9.17, 15) is 19.4 Å². The molecule has 0 saturated carbocycles. The Bertz CT molecular complexity index is 864. The van der Waals surface area contributed by atoms with Crippen LogP contribution in [-0.4, -0.2) is 16.1 Å². The summed E-state index contributed by atoms with van der Waals surface area (Å²) < 4.78 is 14.1. The van der Waals surface area contributed by atoms with Gasteiger partial charge in [0.15, 0.2) is 0 Å². The molecule has 0 aromatic heterocycles. The number of anilines is 2. The minimum atomic E-state index is -0.806. The molecule has 0 radical (unpaired) electrons. The third-order valence-corrected chi connectivity index (χ3v) is 3.51. The van der Waals surface area contributed by atoms with Gasteiger partial charge < -0.3 is 10.2 Å². The summed E-state index contributed by atoms with van der Waals surface area (Å²) >= 11 is 0. The Balaban J connectivity index is 2.10. The fraction of sp³-hybridized carbons (Fsp3) is 0. The molecule has 0 heterocycles. The van der Waals surface area contributed by atoms with E-state index < -0.39 is 11.7 Å². The van der Waals surface area contributed by atoms with Crippen LogP contribution in [0.15, 0.2) is 72.8 Å². The van der Waals surface area contributed by atoms with Gasteiger partial charge in [-0.15, -0.1) is 0 Å². The molecule has 2 N–H and O–H groups in total. The van der Waals surface area contributed by atoms with Gasteiger partial charge >= 0.3 is 0 Å². The molecule has 3 rings (SSSR count). The third-order valence-electron chi connectivity index (χ3n) is 3.51. The van der Waals surface area contributed by atoms with Crippen LogP contribution < -0.4 is 4.90 Å². The second-order valence-electron chi connectivity index (χ2n) is 5.16. The maximum Gasteiger partial charge on any atom is 0.265 e. The average Bonchev–Trinajstić information content (AvgIpc) is 2.58. The maximum atomic E-state index is 14.1. The van der Waals surface area contributed by atoms with E-state index in [4.69, 9.17) is 0 Å². The highest BCUT2D eigenvalue weighted by molar-refractivity contribution is 6.11. The van der Waals surface area contributed by atoms with Gasteiger partial charge in [0.2, 0.25) is 0 Å². The van der Waals surface area contributed by atoms with Crippen molar-refractivity contribution < 1.29 is 19.4 Å². The molecule has 0 saturated heterocycles. The lowest BCUT2D eigenvalue weighted by Crippen LogP contribution is -2.26. The number of rotatable bonds is 3. The Morgan fingerprint density at radius 2 is 1.38 bits per heavy atom. The van der Waals surface area contributed by atoms with E-state index in [0.717, 1.165) is 6.07 Å². The predicted octanol–water partition coefficient (Wildman–Crippen LogP) is 4.22. The van der Waals surface area contributed by atoms with E-state index in [1.807, 2.05) is 6.07 Å². The monoisotopic (exact) mass is 323 g/mol. The zero-order chi connectivity index (χ0) is 17.1. The van der Waals surface area contributed by atoms with Crippen molar-refractivity contribution in [1.82, 2.24) is 0 Å². The van der Waals surface area contributed by atoms with E-state index in [0.29, 0.717) is 11.4 Å². The molecular weight excluding hydrogens is 309 g/mol. The number of phenolic OH excluding ortho intramolecular Hbond substituents is 2. The Hall–Kier alpha value is -3.34. The first-order valence-electron chi connectivity index (χ1n) is 7.23. The standard InChI is InChI=1S/C19H14FNO3/c20-18-12-16(23)10-11-17(18)19(24)21(13-4-2-1-3-5-13)14-6-8-15(22)9-7-14/h1-12,22-23H. The number of hydrogen-bond acceptors (Lipinski definition) is 3. The van der Waals surface area contributed by atoms with Crippen LogP contribution >= 0.6 is 0 Å². The molecule has 24 heavy (non-hydrogen) atoms. The van der Waals surface area contributed by atoms with Crippen LogP contribution in [0.25, 0.3) is 0 Å². The summed E-state index contributed by atoms with van der Waals surface area (Å²) in [7, 11) is 0. The molecule has 0 spiro atoms.